The van der Waals surface area contributed by atoms with E-state index in [1.54, 1.807) is 12.1 Å². The predicted molar refractivity (Wildman–Crippen MR) is 103 cm³/mol. The molecular formula is C20H24ClN3O. The van der Waals surface area contributed by atoms with Gasteiger partial charge in [0.25, 0.3) is 0 Å². The van der Waals surface area contributed by atoms with Gasteiger partial charge in [-0.05, 0) is 49.3 Å². The van der Waals surface area contributed by atoms with Crippen molar-refractivity contribution < 1.29 is 4.79 Å². The molecule has 1 saturated heterocycles. The molecule has 2 aromatic carbocycles. The Kier molecular flexibility index (Phi) is 6.45. The molecule has 0 aliphatic carbocycles. The minimum absolute atomic E-state index is 0.0267. The van der Waals surface area contributed by atoms with E-state index in [9.17, 15) is 4.79 Å². The number of benzene rings is 2. The first-order chi connectivity index (χ1) is 12.2. The molecule has 0 aromatic heterocycles. The zero-order valence-electron chi connectivity index (χ0n) is 14.3. The van der Waals surface area contributed by atoms with Crippen molar-refractivity contribution >= 4 is 23.2 Å². The number of nitrogens with zero attached hydrogens (tertiary/aromatic N) is 2. The van der Waals surface area contributed by atoms with Crippen LogP contribution in [-0.2, 0) is 11.3 Å². The number of carbonyl (C=O) groups is 1. The van der Waals surface area contributed by atoms with Crippen molar-refractivity contribution in [1.29, 1.82) is 0 Å². The Morgan fingerprint density at radius 3 is 2.36 bits per heavy atom. The van der Waals surface area contributed by atoms with Crippen molar-refractivity contribution in [3.05, 3.63) is 65.2 Å². The van der Waals surface area contributed by atoms with Crippen LogP contribution in [0.2, 0.25) is 5.02 Å². The highest BCUT2D eigenvalue weighted by Gasteiger charge is 2.17. The lowest BCUT2D eigenvalue weighted by molar-refractivity contribution is -0.117. The number of rotatable bonds is 5. The van der Waals surface area contributed by atoms with Crippen molar-refractivity contribution in [2.75, 3.05) is 38.0 Å². The van der Waals surface area contributed by atoms with Crippen LogP contribution in [0.4, 0.5) is 5.69 Å². The first-order valence-corrected chi connectivity index (χ1v) is 9.11. The van der Waals surface area contributed by atoms with Gasteiger partial charge in [0.2, 0.25) is 5.91 Å². The van der Waals surface area contributed by atoms with Gasteiger partial charge in [0.05, 0.1) is 6.54 Å². The zero-order chi connectivity index (χ0) is 17.5. The van der Waals surface area contributed by atoms with Gasteiger partial charge in [-0.25, -0.2) is 0 Å². The van der Waals surface area contributed by atoms with Crippen LogP contribution in [0, 0.1) is 0 Å². The fraction of sp³-hybridized carbons (Fsp3) is 0.350. The van der Waals surface area contributed by atoms with Crippen LogP contribution in [0.25, 0.3) is 0 Å². The fourth-order valence-corrected chi connectivity index (χ4v) is 3.25. The second-order valence-corrected chi connectivity index (χ2v) is 6.88. The third-order valence-corrected chi connectivity index (χ3v) is 4.68. The van der Waals surface area contributed by atoms with E-state index in [2.05, 4.69) is 39.4 Å². The second-order valence-electron chi connectivity index (χ2n) is 6.45. The summed E-state index contributed by atoms with van der Waals surface area (Å²) in [4.78, 5) is 16.9. The Morgan fingerprint density at radius 1 is 0.920 bits per heavy atom. The monoisotopic (exact) mass is 357 g/mol. The minimum Gasteiger partial charge on any atom is -0.325 e. The molecule has 0 atom stereocenters. The van der Waals surface area contributed by atoms with Gasteiger partial charge in [-0.2, -0.15) is 0 Å². The molecule has 0 unspecified atom stereocenters. The molecular weight excluding hydrogens is 334 g/mol. The highest BCUT2D eigenvalue weighted by Crippen LogP contribution is 2.14. The van der Waals surface area contributed by atoms with E-state index >= 15 is 0 Å². The third-order valence-electron chi connectivity index (χ3n) is 4.43. The molecule has 1 heterocycles. The molecule has 0 bridgehead atoms. The Labute approximate surface area is 154 Å². The molecule has 25 heavy (non-hydrogen) atoms. The summed E-state index contributed by atoms with van der Waals surface area (Å²) in [6.07, 6.45) is 1.08. The van der Waals surface area contributed by atoms with Crippen molar-refractivity contribution in [1.82, 2.24) is 9.80 Å². The molecule has 4 nitrogen and oxygen atoms in total. The Bertz CT molecular complexity index is 675. The number of anilines is 1. The molecule has 132 valence electrons. The van der Waals surface area contributed by atoms with Crippen molar-refractivity contribution in [3.8, 4) is 0 Å². The molecule has 1 fully saturated rings. The molecule has 3 rings (SSSR count). The van der Waals surface area contributed by atoms with Crippen LogP contribution in [0.15, 0.2) is 54.6 Å². The summed E-state index contributed by atoms with van der Waals surface area (Å²) in [5.41, 5.74) is 2.13. The van der Waals surface area contributed by atoms with Gasteiger partial charge in [-0.3, -0.25) is 14.6 Å². The predicted octanol–water partition coefficient (Wildman–Crippen LogP) is 3.49. The summed E-state index contributed by atoms with van der Waals surface area (Å²) in [7, 11) is 0. The van der Waals surface area contributed by atoms with Crippen LogP contribution in [-0.4, -0.2) is 48.4 Å². The number of hydrogen-bond donors (Lipinski definition) is 1. The van der Waals surface area contributed by atoms with Gasteiger partial charge in [-0.15, -0.1) is 0 Å². The summed E-state index contributed by atoms with van der Waals surface area (Å²) in [6, 6.07) is 17.8. The summed E-state index contributed by atoms with van der Waals surface area (Å²) < 4.78 is 0. The van der Waals surface area contributed by atoms with Gasteiger partial charge in [0.15, 0.2) is 0 Å². The van der Waals surface area contributed by atoms with E-state index in [0.717, 1.165) is 44.8 Å². The van der Waals surface area contributed by atoms with E-state index in [4.69, 9.17) is 11.6 Å². The Hall–Kier alpha value is -1.88. The van der Waals surface area contributed by atoms with Crippen LogP contribution in [0.5, 0.6) is 0 Å². The maximum atomic E-state index is 12.3. The lowest BCUT2D eigenvalue weighted by atomic mass is 10.2. The average molecular weight is 358 g/mol. The summed E-state index contributed by atoms with van der Waals surface area (Å²) >= 11 is 5.87. The second kappa shape index (κ2) is 8.99. The van der Waals surface area contributed by atoms with E-state index < -0.39 is 0 Å². The Morgan fingerprint density at radius 2 is 1.60 bits per heavy atom. The number of amides is 1. The van der Waals surface area contributed by atoms with Crippen molar-refractivity contribution in [2.45, 2.75) is 13.0 Å². The molecule has 1 aliphatic heterocycles. The number of halogens is 1. The molecule has 1 N–H and O–H groups in total. The van der Waals surface area contributed by atoms with Crippen LogP contribution < -0.4 is 5.32 Å². The molecule has 0 radical (unpaired) electrons. The smallest absolute Gasteiger partial charge is 0.238 e. The van der Waals surface area contributed by atoms with E-state index in [1.165, 1.54) is 5.56 Å². The molecule has 2 aromatic rings. The largest absolute Gasteiger partial charge is 0.325 e. The lowest BCUT2D eigenvalue weighted by Gasteiger charge is -2.21. The minimum atomic E-state index is 0.0267. The summed E-state index contributed by atoms with van der Waals surface area (Å²) in [5, 5.41) is 3.61. The molecule has 1 aliphatic rings. The lowest BCUT2D eigenvalue weighted by Crippen LogP contribution is -2.36. The molecule has 0 spiro atoms. The van der Waals surface area contributed by atoms with E-state index in [1.807, 2.05) is 18.2 Å². The highest BCUT2D eigenvalue weighted by molar-refractivity contribution is 6.30. The molecule has 5 heteroatoms. The number of carbonyl (C=O) groups excluding carboxylic acids is 1. The van der Waals surface area contributed by atoms with Crippen LogP contribution in [0.1, 0.15) is 12.0 Å². The van der Waals surface area contributed by atoms with E-state index in [0.29, 0.717) is 11.6 Å². The first-order valence-electron chi connectivity index (χ1n) is 8.73. The summed E-state index contributed by atoms with van der Waals surface area (Å²) in [5.74, 6) is 0.0267. The van der Waals surface area contributed by atoms with Gasteiger partial charge < -0.3 is 5.32 Å². The van der Waals surface area contributed by atoms with Crippen molar-refractivity contribution in [2.24, 2.45) is 0 Å². The maximum Gasteiger partial charge on any atom is 0.238 e. The van der Waals surface area contributed by atoms with Gasteiger partial charge in [-0.1, -0.05) is 41.9 Å². The summed E-state index contributed by atoms with van der Waals surface area (Å²) in [6.45, 7) is 5.35. The van der Waals surface area contributed by atoms with Crippen LogP contribution >= 0.6 is 11.6 Å². The molecule has 1 amide bonds. The molecule has 0 saturated carbocycles. The zero-order valence-corrected chi connectivity index (χ0v) is 15.1. The van der Waals surface area contributed by atoms with Gasteiger partial charge in [0, 0.05) is 30.3 Å². The fourth-order valence-electron chi connectivity index (χ4n) is 3.12. The first kappa shape index (κ1) is 17.9. The van der Waals surface area contributed by atoms with Gasteiger partial charge in [0.1, 0.15) is 0 Å². The topological polar surface area (TPSA) is 35.6 Å². The van der Waals surface area contributed by atoms with Gasteiger partial charge >= 0.3 is 0 Å². The maximum absolute atomic E-state index is 12.3. The SMILES string of the molecule is O=C(CN1CCCN(Cc2ccccc2)CC1)Nc1ccc(Cl)cc1. The average Bonchev–Trinajstić information content (AvgIpc) is 2.83. The number of nitrogens with one attached hydrogen (secondary N) is 1. The third kappa shape index (κ3) is 5.85. The van der Waals surface area contributed by atoms with Crippen LogP contribution in [0.3, 0.4) is 0 Å². The highest BCUT2D eigenvalue weighted by atomic mass is 35.5. The standard InChI is InChI=1S/C20H24ClN3O/c21-18-7-9-19(10-8-18)22-20(25)16-24-12-4-11-23(13-14-24)15-17-5-2-1-3-6-17/h1-3,5-10H,4,11-16H2,(H,22,25). The van der Waals surface area contributed by atoms with Crippen molar-refractivity contribution in [3.63, 3.8) is 0 Å². The quantitative estimate of drug-likeness (QED) is 0.889. The Balaban J connectivity index is 1.46. The number of hydrogen-bond acceptors (Lipinski definition) is 3. The van der Waals surface area contributed by atoms with E-state index in [-0.39, 0.29) is 5.91 Å². The normalized spacial score (nSPS) is 16.4.